The standard InChI is InChI=1S/C13H11ClN2O2/c1-8-4-5-10(14)11(7-8)16-12-9(13(17)18)3-2-6-15-12/h2-7H,1H3,(H,15,16)(H,17,18). The van der Waals surface area contributed by atoms with Crippen LogP contribution in [0.15, 0.2) is 36.5 Å². The van der Waals surface area contributed by atoms with E-state index < -0.39 is 5.97 Å². The van der Waals surface area contributed by atoms with Crippen molar-refractivity contribution in [3.63, 3.8) is 0 Å². The third-order valence-electron chi connectivity index (χ3n) is 2.41. The van der Waals surface area contributed by atoms with E-state index in [9.17, 15) is 4.79 Å². The SMILES string of the molecule is Cc1ccc(Cl)c(Nc2ncccc2C(=O)O)c1. The van der Waals surface area contributed by atoms with Crippen molar-refractivity contribution in [3.8, 4) is 0 Å². The number of hydrogen-bond acceptors (Lipinski definition) is 3. The molecule has 0 bridgehead atoms. The lowest BCUT2D eigenvalue weighted by Gasteiger charge is -2.10. The molecule has 0 aliphatic heterocycles. The number of carboxylic acid groups (broad SMARTS) is 1. The molecule has 4 nitrogen and oxygen atoms in total. The molecule has 2 rings (SSSR count). The van der Waals surface area contributed by atoms with Crippen LogP contribution in [0.25, 0.3) is 0 Å². The van der Waals surface area contributed by atoms with Crippen LogP contribution in [0.4, 0.5) is 11.5 Å². The van der Waals surface area contributed by atoms with Gasteiger partial charge in [-0.3, -0.25) is 0 Å². The predicted molar refractivity (Wildman–Crippen MR) is 70.7 cm³/mol. The topological polar surface area (TPSA) is 62.2 Å². The van der Waals surface area contributed by atoms with Gasteiger partial charge in [0.05, 0.1) is 10.7 Å². The molecule has 0 saturated heterocycles. The summed E-state index contributed by atoms with van der Waals surface area (Å²) in [5.74, 6) is -0.758. The van der Waals surface area contributed by atoms with Crippen LogP contribution in [0.2, 0.25) is 5.02 Å². The fraction of sp³-hybridized carbons (Fsp3) is 0.0769. The first-order valence-electron chi connectivity index (χ1n) is 5.29. The summed E-state index contributed by atoms with van der Waals surface area (Å²) in [5.41, 5.74) is 1.77. The third kappa shape index (κ3) is 2.60. The summed E-state index contributed by atoms with van der Waals surface area (Å²) in [6.45, 7) is 1.93. The predicted octanol–water partition coefficient (Wildman–Crippen LogP) is 3.49. The number of halogens is 1. The van der Waals surface area contributed by atoms with Crippen LogP contribution in [0, 0.1) is 6.92 Å². The molecule has 0 atom stereocenters. The van der Waals surface area contributed by atoms with Gasteiger partial charge in [-0.15, -0.1) is 0 Å². The zero-order chi connectivity index (χ0) is 13.1. The minimum atomic E-state index is -1.03. The maximum absolute atomic E-state index is 11.1. The first kappa shape index (κ1) is 12.4. The second-order valence-corrected chi connectivity index (χ2v) is 4.22. The molecule has 0 aliphatic rings. The van der Waals surface area contributed by atoms with Crippen LogP contribution in [0.1, 0.15) is 15.9 Å². The van der Waals surface area contributed by atoms with Crippen LogP contribution < -0.4 is 5.32 Å². The number of aromatic carboxylic acids is 1. The monoisotopic (exact) mass is 262 g/mol. The summed E-state index contributed by atoms with van der Waals surface area (Å²) in [7, 11) is 0. The maximum atomic E-state index is 11.1. The van der Waals surface area contributed by atoms with Crippen molar-refractivity contribution < 1.29 is 9.90 Å². The third-order valence-corrected chi connectivity index (χ3v) is 2.74. The van der Waals surface area contributed by atoms with Gasteiger partial charge in [-0.05, 0) is 36.8 Å². The Morgan fingerprint density at radius 1 is 1.39 bits per heavy atom. The summed E-state index contributed by atoms with van der Waals surface area (Å²) < 4.78 is 0. The molecule has 0 radical (unpaired) electrons. The lowest BCUT2D eigenvalue weighted by molar-refractivity contribution is 0.0697. The smallest absolute Gasteiger partial charge is 0.339 e. The number of nitrogens with zero attached hydrogens (tertiary/aromatic N) is 1. The molecule has 2 aromatic rings. The quantitative estimate of drug-likeness (QED) is 0.889. The fourth-order valence-electron chi connectivity index (χ4n) is 1.54. The van der Waals surface area contributed by atoms with Crippen LogP contribution in [0.5, 0.6) is 0 Å². The molecular weight excluding hydrogens is 252 g/mol. The number of aryl methyl sites for hydroxylation is 1. The highest BCUT2D eigenvalue weighted by Gasteiger charge is 2.11. The number of rotatable bonds is 3. The number of benzene rings is 1. The van der Waals surface area contributed by atoms with Crippen molar-refractivity contribution in [2.75, 3.05) is 5.32 Å². The second-order valence-electron chi connectivity index (χ2n) is 3.81. The van der Waals surface area contributed by atoms with Gasteiger partial charge in [0, 0.05) is 6.20 Å². The largest absolute Gasteiger partial charge is 0.478 e. The van der Waals surface area contributed by atoms with E-state index >= 15 is 0 Å². The molecule has 18 heavy (non-hydrogen) atoms. The number of hydrogen-bond donors (Lipinski definition) is 2. The van der Waals surface area contributed by atoms with Gasteiger partial charge in [-0.1, -0.05) is 17.7 Å². The molecule has 1 aromatic carbocycles. The zero-order valence-electron chi connectivity index (χ0n) is 9.64. The number of aromatic nitrogens is 1. The number of pyridine rings is 1. The number of nitrogens with one attached hydrogen (secondary N) is 1. The number of carbonyl (C=O) groups is 1. The van der Waals surface area contributed by atoms with Crippen molar-refractivity contribution in [2.24, 2.45) is 0 Å². The highest BCUT2D eigenvalue weighted by molar-refractivity contribution is 6.33. The van der Waals surface area contributed by atoms with Gasteiger partial charge >= 0.3 is 5.97 Å². The van der Waals surface area contributed by atoms with E-state index in [0.29, 0.717) is 10.7 Å². The molecule has 0 saturated carbocycles. The first-order chi connectivity index (χ1) is 8.58. The van der Waals surface area contributed by atoms with Crippen LogP contribution >= 0.6 is 11.6 Å². The summed E-state index contributed by atoms with van der Waals surface area (Å²) >= 11 is 6.04. The highest BCUT2D eigenvalue weighted by atomic mass is 35.5. The lowest BCUT2D eigenvalue weighted by atomic mass is 10.2. The van der Waals surface area contributed by atoms with Crippen LogP contribution in [-0.2, 0) is 0 Å². The molecule has 0 unspecified atom stereocenters. The summed E-state index contributed by atoms with van der Waals surface area (Å²) in [6.07, 6.45) is 1.53. The fourth-order valence-corrected chi connectivity index (χ4v) is 1.70. The van der Waals surface area contributed by atoms with Crippen molar-refractivity contribution in [2.45, 2.75) is 6.92 Å². The van der Waals surface area contributed by atoms with Gasteiger partial charge in [0.1, 0.15) is 11.4 Å². The Balaban J connectivity index is 2.40. The van der Waals surface area contributed by atoms with E-state index in [-0.39, 0.29) is 11.4 Å². The minimum absolute atomic E-state index is 0.107. The summed E-state index contributed by atoms with van der Waals surface area (Å²) in [4.78, 5) is 15.1. The van der Waals surface area contributed by atoms with Gasteiger partial charge < -0.3 is 10.4 Å². The van der Waals surface area contributed by atoms with E-state index in [1.54, 1.807) is 12.1 Å². The lowest BCUT2D eigenvalue weighted by Crippen LogP contribution is -2.04. The summed E-state index contributed by atoms with van der Waals surface area (Å²) in [6, 6.07) is 8.53. The molecule has 2 N–H and O–H groups in total. The average molecular weight is 263 g/mol. The molecule has 0 amide bonds. The Bertz CT molecular complexity index is 599. The molecule has 0 fully saturated rings. The van der Waals surface area contributed by atoms with Crippen LogP contribution in [-0.4, -0.2) is 16.1 Å². The Kier molecular flexibility index (Phi) is 3.48. The Hall–Kier alpha value is -2.07. The summed E-state index contributed by atoms with van der Waals surface area (Å²) in [5, 5.41) is 12.5. The molecule has 5 heteroatoms. The number of carboxylic acids is 1. The normalized spacial score (nSPS) is 10.1. The molecule has 1 heterocycles. The Morgan fingerprint density at radius 3 is 2.89 bits per heavy atom. The molecular formula is C13H11ClN2O2. The first-order valence-corrected chi connectivity index (χ1v) is 5.67. The zero-order valence-corrected chi connectivity index (χ0v) is 10.4. The minimum Gasteiger partial charge on any atom is -0.478 e. The van der Waals surface area contributed by atoms with E-state index in [1.807, 2.05) is 19.1 Å². The van der Waals surface area contributed by atoms with Crippen molar-refractivity contribution in [1.29, 1.82) is 0 Å². The average Bonchev–Trinajstić information content (AvgIpc) is 2.34. The molecule has 92 valence electrons. The van der Waals surface area contributed by atoms with Gasteiger partial charge in [-0.25, -0.2) is 9.78 Å². The Labute approximate surface area is 109 Å². The Morgan fingerprint density at radius 2 is 2.17 bits per heavy atom. The van der Waals surface area contributed by atoms with Gasteiger partial charge in [0.15, 0.2) is 0 Å². The maximum Gasteiger partial charge on any atom is 0.339 e. The number of anilines is 2. The van der Waals surface area contributed by atoms with E-state index in [0.717, 1.165) is 5.56 Å². The molecule has 0 spiro atoms. The van der Waals surface area contributed by atoms with Crippen molar-refractivity contribution >= 4 is 29.1 Å². The van der Waals surface area contributed by atoms with Gasteiger partial charge in [-0.2, -0.15) is 0 Å². The van der Waals surface area contributed by atoms with Crippen molar-refractivity contribution in [3.05, 3.63) is 52.7 Å². The molecule has 1 aromatic heterocycles. The second kappa shape index (κ2) is 5.06. The van der Waals surface area contributed by atoms with E-state index in [1.165, 1.54) is 12.3 Å². The van der Waals surface area contributed by atoms with Gasteiger partial charge in [0.2, 0.25) is 0 Å². The van der Waals surface area contributed by atoms with E-state index in [4.69, 9.17) is 16.7 Å². The van der Waals surface area contributed by atoms with Gasteiger partial charge in [0.25, 0.3) is 0 Å². The highest BCUT2D eigenvalue weighted by Crippen LogP contribution is 2.26. The molecule has 0 aliphatic carbocycles. The van der Waals surface area contributed by atoms with Crippen molar-refractivity contribution in [1.82, 2.24) is 4.98 Å². The van der Waals surface area contributed by atoms with Crippen LogP contribution in [0.3, 0.4) is 0 Å². The van der Waals surface area contributed by atoms with E-state index in [2.05, 4.69) is 10.3 Å².